The number of amides is 7. The molecule has 1 N–H and O–H groups in total. The third kappa shape index (κ3) is 1.75. The molecule has 0 radical (unpaired) electrons. The zero-order valence-electron chi connectivity index (χ0n) is 11.3. The predicted molar refractivity (Wildman–Crippen MR) is 71.3 cm³/mol. The number of para-hydroxylation sites is 1. The molecule has 0 spiro atoms. The first kappa shape index (κ1) is 13.7. The monoisotopic (exact) mass is 302 g/mol. The molecule has 1 unspecified atom stereocenters. The average molecular weight is 302 g/mol. The Labute approximate surface area is 124 Å². The minimum atomic E-state index is -1.51. The molecule has 9 heteroatoms. The van der Waals surface area contributed by atoms with E-state index in [1.807, 2.05) is 0 Å². The van der Waals surface area contributed by atoms with Crippen molar-refractivity contribution < 1.29 is 24.0 Å². The van der Waals surface area contributed by atoms with Gasteiger partial charge in [-0.1, -0.05) is 18.2 Å². The third-order valence-corrected chi connectivity index (χ3v) is 3.42. The highest BCUT2D eigenvalue weighted by atomic mass is 16.2. The fraction of sp³-hybridized carbons (Fsp3) is 0.154. The maximum Gasteiger partial charge on any atom is 0.333 e. The second kappa shape index (κ2) is 4.65. The highest BCUT2D eigenvalue weighted by molar-refractivity contribution is 6.45. The summed E-state index contributed by atoms with van der Waals surface area (Å²) >= 11 is 0. The molecule has 2 saturated heterocycles. The van der Waals surface area contributed by atoms with E-state index < -0.39 is 35.9 Å². The SMILES string of the molecule is CN1C(=O)C(N2C(=O)NC(=O)C2=O)N(c2ccccc2)C1=O. The van der Waals surface area contributed by atoms with Gasteiger partial charge in [0.15, 0.2) is 0 Å². The quantitative estimate of drug-likeness (QED) is 0.585. The number of imide groups is 3. The Kier molecular flexibility index (Phi) is 2.91. The third-order valence-electron chi connectivity index (χ3n) is 3.42. The van der Waals surface area contributed by atoms with Crippen LogP contribution < -0.4 is 10.2 Å². The molecule has 9 nitrogen and oxygen atoms in total. The molecule has 0 saturated carbocycles. The van der Waals surface area contributed by atoms with Crippen molar-refractivity contribution in [2.75, 3.05) is 11.9 Å². The lowest BCUT2D eigenvalue weighted by atomic mass is 10.2. The Hall–Kier alpha value is -3.23. The second-order valence-electron chi connectivity index (χ2n) is 4.69. The Bertz CT molecular complexity index is 716. The first-order valence-electron chi connectivity index (χ1n) is 6.28. The van der Waals surface area contributed by atoms with E-state index in [0.29, 0.717) is 10.6 Å². The Morgan fingerprint density at radius 1 is 0.955 bits per heavy atom. The van der Waals surface area contributed by atoms with Crippen molar-refractivity contribution in [3.63, 3.8) is 0 Å². The molecular formula is C13H10N4O5. The highest BCUT2D eigenvalue weighted by Gasteiger charge is 2.54. The summed E-state index contributed by atoms with van der Waals surface area (Å²) in [5.74, 6) is -3.08. The minimum absolute atomic E-state index is 0.329. The number of hydrogen-bond donors (Lipinski definition) is 1. The van der Waals surface area contributed by atoms with Crippen molar-refractivity contribution >= 4 is 35.5 Å². The van der Waals surface area contributed by atoms with E-state index in [-0.39, 0.29) is 0 Å². The summed E-state index contributed by atoms with van der Waals surface area (Å²) in [6.45, 7) is 0. The maximum atomic E-state index is 12.3. The number of nitrogens with zero attached hydrogens (tertiary/aromatic N) is 3. The van der Waals surface area contributed by atoms with Gasteiger partial charge in [-0.2, -0.15) is 0 Å². The molecule has 0 aromatic heterocycles. The number of hydrogen-bond acceptors (Lipinski definition) is 5. The molecule has 0 aliphatic carbocycles. The lowest BCUT2D eigenvalue weighted by Crippen LogP contribution is -2.52. The van der Waals surface area contributed by atoms with Crippen LogP contribution in [0.5, 0.6) is 0 Å². The van der Waals surface area contributed by atoms with Crippen molar-refractivity contribution in [3.05, 3.63) is 30.3 Å². The first-order valence-corrected chi connectivity index (χ1v) is 6.28. The van der Waals surface area contributed by atoms with Gasteiger partial charge < -0.3 is 0 Å². The molecule has 22 heavy (non-hydrogen) atoms. The van der Waals surface area contributed by atoms with Crippen molar-refractivity contribution in [2.24, 2.45) is 0 Å². The highest BCUT2D eigenvalue weighted by Crippen LogP contribution is 2.28. The van der Waals surface area contributed by atoms with Gasteiger partial charge in [0.2, 0.25) is 6.17 Å². The van der Waals surface area contributed by atoms with Crippen LogP contribution in [0.2, 0.25) is 0 Å². The number of urea groups is 2. The summed E-state index contributed by atoms with van der Waals surface area (Å²) < 4.78 is 0. The van der Waals surface area contributed by atoms with Crippen molar-refractivity contribution in [3.8, 4) is 0 Å². The van der Waals surface area contributed by atoms with Crippen molar-refractivity contribution in [1.29, 1.82) is 0 Å². The normalized spacial score (nSPS) is 22.0. The molecule has 0 bridgehead atoms. The zero-order valence-corrected chi connectivity index (χ0v) is 11.3. The van der Waals surface area contributed by atoms with Crippen molar-refractivity contribution in [2.45, 2.75) is 6.17 Å². The van der Waals surface area contributed by atoms with Gasteiger partial charge in [0, 0.05) is 12.7 Å². The zero-order chi connectivity index (χ0) is 16.0. The number of carbonyl (C=O) groups excluding carboxylic acids is 5. The van der Waals surface area contributed by atoms with E-state index in [9.17, 15) is 24.0 Å². The molecule has 7 amide bonds. The Balaban J connectivity index is 2.09. The molecule has 3 rings (SSSR count). The van der Waals surface area contributed by atoms with E-state index in [1.54, 1.807) is 35.6 Å². The topological polar surface area (TPSA) is 107 Å². The molecule has 2 heterocycles. The fourth-order valence-corrected chi connectivity index (χ4v) is 2.34. The molecule has 1 atom stereocenters. The number of nitrogens with one attached hydrogen (secondary N) is 1. The lowest BCUT2D eigenvalue weighted by Gasteiger charge is -2.26. The van der Waals surface area contributed by atoms with Gasteiger partial charge in [-0.05, 0) is 12.1 Å². The summed E-state index contributed by atoms with van der Waals surface area (Å²) in [7, 11) is 1.24. The number of benzene rings is 1. The van der Waals surface area contributed by atoms with Crippen LogP contribution in [0.4, 0.5) is 15.3 Å². The fourth-order valence-electron chi connectivity index (χ4n) is 2.34. The van der Waals surface area contributed by atoms with Crippen LogP contribution in [-0.2, 0) is 14.4 Å². The summed E-state index contributed by atoms with van der Waals surface area (Å²) in [6, 6.07) is 6.37. The summed E-state index contributed by atoms with van der Waals surface area (Å²) in [5, 5.41) is 1.81. The molecule has 1 aromatic rings. The molecule has 1 aromatic carbocycles. The largest absolute Gasteiger partial charge is 0.333 e. The van der Waals surface area contributed by atoms with Gasteiger partial charge in [0.05, 0.1) is 0 Å². The van der Waals surface area contributed by atoms with E-state index >= 15 is 0 Å². The molecule has 2 aliphatic rings. The lowest BCUT2D eigenvalue weighted by molar-refractivity contribution is -0.143. The number of carbonyl (C=O) groups is 5. The van der Waals surface area contributed by atoms with E-state index in [1.165, 1.54) is 7.05 Å². The predicted octanol–water partition coefficient (Wildman–Crippen LogP) is -0.510. The number of anilines is 1. The molecule has 112 valence electrons. The van der Waals surface area contributed by atoms with E-state index in [2.05, 4.69) is 0 Å². The Morgan fingerprint density at radius 2 is 1.59 bits per heavy atom. The number of rotatable bonds is 2. The standard InChI is InChI=1S/C13H10N4O5/c1-15-11(20)9(17-10(19)8(18)14-12(17)21)16(13(15)22)7-5-3-2-4-6-7/h2-6,9H,1H3,(H,14,18,21). The summed E-state index contributed by atoms with van der Waals surface area (Å²) in [5.41, 5.74) is 0.329. The van der Waals surface area contributed by atoms with Gasteiger partial charge in [-0.15, -0.1) is 0 Å². The van der Waals surface area contributed by atoms with Crippen LogP contribution >= 0.6 is 0 Å². The van der Waals surface area contributed by atoms with Gasteiger partial charge >= 0.3 is 23.9 Å². The van der Waals surface area contributed by atoms with E-state index in [4.69, 9.17) is 0 Å². The maximum absolute atomic E-state index is 12.3. The Morgan fingerprint density at radius 3 is 2.14 bits per heavy atom. The van der Waals surface area contributed by atoms with Crippen LogP contribution in [-0.4, -0.2) is 52.8 Å². The molecule has 2 fully saturated rings. The molecular weight excluding hydrogens is 292 g/mol. The molecule has 2 aliphatic heterocycles. The minimum Gasteiger partial charge on any atom is -0.270 e. The van der Waals surface area contributed by atoms with Gasteiger partial charge in [0.1, 0.15) is 0 Å². The van der Waals surface area contributed by atoms with E-state index in [0.717, 1.165) is 9.80 Å². The van der Waals surface area contributed by atoms with Crippen LogP contribution in [0, 0.1) is 0 Å². The van der Waals surface area contributed by atoms with Gasteiger partial charge in [0.25, 0.3) is 5.91 Å². The number of likely N-dealkylation sites (N-methyl/N-ethyl adjacent to an activating group) is 1. The summed E-state index contributed by atoms with van der Waals surface area (Å²) in [4.78, 5) is 61.7. The van der Waals surface area contributed by atoms with Crippen LogP contribution in [0.25, 0.3) is 0 Å². The van der Waals surface area contributed by atoms with Gasteiger partial charge in [-0.3, -0.25) is 29.5 Å². The van der Waals surface area contributed by atoms with Crippen LogP contribution in [0.3, 0.4) is 0 Å². The van der Waals surface area contributed by atoms with Gasteiger partial charge in [-0.25, -0.2) is 14.5 Å². The van der Waals surface area contributed by atoms with Crippen LogP contribution in [0.15, 0.2) is 30.3 Å². The summed E-state index contributed by atoms with van der Waals surface area (Å²) in [6.07, 6.45) is -1.51. The average Bonchev–Trinajstić information content (AvgIpc) is 2.88. The second-order valence-corrected chi connectivity index (χ2v) is 4.69. The first-order chi connectivity index (χ1) is 10.4. The smallest absolute Gasteiger partial charge is 0.270 e. The van der Waals surface area contributed by atoms with Crippen LogP contribution in [0.1, 0.15) is 0 Å². The van der Waals surface area contributed by atoms with Crippen molar-refractivity contribution in [1.82, 2.24) is 15.1 Å².